The number of aldehydes is 1. The number of nitrogens with one attached hydrogen (secondary N) is 1. The van der Waals surface area contributed by atoms with Crippen LogP contribution in [0.5, 0.6) is 0 Å². The Bertz CT molecular complexity index is 426. The molecule has 0 fully saturated rings. The van der Waals surface area contributed by atoms with Gasteiger partial charge in [0, 0.05) is 19.0 Å². The van der Waals surface area contributed by atoms with Gasteiger partial charge in [-0.1, -0.05) is 12.1 Å². The van der Waals surface area contributed by atoms with E-state index in [1.54, 1.807) is 19.1 Å². The van der Waals surface area contributed by atoms with Crippen LogP contribution in [-0.2, 0) is 20.9 Å². The molecule has 0 aliphatic heterocycles. The van der Waals surface area contributed by atoms with Crippen LogP contribution in [0, 0.1) is 0 Å². The van der Waals surface area contributed by atoms with Gasteiger partial charge in [0.2, 0.25) is 5.91 Å². The molecule has 1 aromatic rings. The van der Waals surface area contributed by atoms with Crippen molar-refractivity contribution in [1.82, 2.24) is 0 Å². The van der Waals surface area contributed by atoms with E-state index < -0.39 is 5.60 Å². The van der Waals surface area contributed by atoms with Gasteiger partial charge in [0.25, 0.3) is 0 Å². The number of hydrogen-bond donors (Lipinski definition) is 2. The lowest BCUT2D eigenvalue weighted by molar-refractivity contribution is -0.115. The molecule has 0 aliphatic rings. The van der Waals surface area contributed by atoms with Gasteiger partial charge in [-0.15, -0.1) is 0 Å². The molecule has 0 aliphatic carbocycles. The topological polar surface area (TPSA) is 75.6 Å². The molecular formula is C14H19NO4. The van der Waals surface area contributed by atoms with Crippen LogP contribution < -0.4 is 5.32 Å². The third-order valence-electron chi connectivity index (χ3n) is 2.48. The van der Waals surface area contributed by atoms with E-state index in [1.807, 2.05) is 12.1 Å². The highest BCUT2D eigenvalue weighted by atomic mass is 16.5. The molecule has 19 heavy (non-hydrogen) atoms. The second-order valence-corrected chi connectivity index (χ2v) is 4.74. The number of benzene rings is 1. The summed E-state index contributed by atoms with van der Waals surface area (Å²) in [7, 11) is 0. The van der Waals surface area contributed by atoms with Crippen molar-refractivity contribution in [3.63, 3.8) is 0 Å². The lowest BCUT2D eigenvalue weighted by Crippen LogP contribution is -2.30. The standard InChI is InChI=1S/C14H19NO4/c1-11(17)15-13-5-3-12(4-6-13)9-19-10-14(2,18)7-8-16/h3-6,8,18H,7,9-10H2,1-2H3,(H,15,17). The maximum atomic E-state index is 10.8. The fraction of sp³-hybridized carbons (Fsp3) is 0.429. The Labute approximate surface area is 112 Å². The Hall–Kier alpha value is -1.72. The van der Waals surface area contributed by atoms with E-state index in [0.717, 1.165) is 11.3 Å². The monoisotopic (exact) mass is 265 g/mol. The Morgan fingerprint density at radius 1 is 1.42 bits per heavy atom. The normalized spacial score (nSPS) is 13.6. The van der Waals surface area contributed by atoms with Crippen LogP contribution in [0.15, 0.2) is 24.3 Å². The summed E-state index contributed by atoms with van der Waals surface area (Å²) in [6, 6.07) is 7.23. The number of ether oxygens (including phenoxy) is 1. The third kappa shape index (κ3) is 6.13. The Morgan fingerprint density at radius 2 is 2.05 bits per heavy atom. The zero-order chi connectivity index (χ0) is 14.3. The molecule has 0 saturated carbocycles. The summed E-state index contributed by atoms with van der Waals surface area (Å²) < 4.78 is 5.36. The van der Waals surface area contributed by atoms with E-state index >= 15 is 0 Å². The minimum absolute atomic E-state index is 0.0501. The van der Waals surface area contributed by atoms with Crippen LogP contribution in [-0.4, -0.2) is 29.5 Å². The maximum Gasteiger partial charge on any atom is 0.221 e. The molecule has 5 nitrogen and oxygen atoms in total. The molecule has 1 atom stereocenters. The molecular weight excluding hydrogens is 246 g/mol. The number of aliphatic hydroxyl groups is 1. The van der Waals surface area contributed by atoms with Crippen LogP contribution in [0.1, 0.15) is 25.8 Å². The largest absolute Gasteiger partial charge is 0.387 e. The van der Waals surface area contributed by atoms with Gasteiger partial charge in [0.15, 0.2) is 0 Å². The molecule has 0 heterocycles. The Balaban J connectivity index is 2.41. The van der Waals surface area contributed by atoms with Crippen molar-refractivity contribution in [1.29, 1.82) is 0 Å². The van der Waals surface area contributed by atoms with Crippen molar-refractivity contribution < 1.29 is 19.4 Å². The quantitative estimate of drug-likeness (QED) is 0.733. The summed E-state index contributed by atoms with van der Waals surface area (Å²) in [5, 5.41) is 12.4. The average Bonchev–Trinajstić information content (AvgIpc) is 2.30. The SMILES string of the molecule is CC(=O)Nc1ccc(COCC(C)(O)CC=O)cc1. The highest BCUT2D eigenvalue weighted by molar-refractivity contribution is 5.88. The van der Waals surface area contributed by atoms with Crippen LogP contribution in [0.25, 0.3) is 0 Å². The predicted octanol–water partition coefficient (Wildman–Crippen LogP) is 1.50. The first-order valence-corrected chi connectivity index (χ1v) is 6.03. The lowest BCUT2D eigenvalue weighted by Gasteiger charge is -2.20. The van der Waals surface area contributed by atoms with Gasteiger partial charge < -0.3 is 20.0 Å². The van der Waals surface area contributed by atoms with Crippen molar-refractivity contribution in [3.05, 3.63) is 29.8 Å². The van der Waals surface area contributed by atoms with E-state index in [4.69, 9.17) is 4.74 Å². The highest BCUT2D eigenvalue weighted by Crippen LogP contribution is 2.12. The molecule has 2 N–H and O–H groups in total. The van der Waals surface area contributed by atoms with Crippen LogP contribution in [0.2, 0.25) is 0 Å². The maximum absolute atomic E-state index is 10.8. The molecule has 1 rings (SSSR count). The zero-order valence-electron chi connectivity index (χ0n) is 11.2. The smallest absolute Gasteiger partial charge is 0.221 e. The summed E-state index contributed by atoms with van der Waals surface area (Å²) in [6.07, 6.45) is 0.722. The van der Waals surface area contributed by atoms with Gasteiger partial charge in [-0.05, 0) is 24.6 Å². The van der Waals surface area contributed by atoms with Gasteiger partial charge in [-0.3, -0.25) is 4.79 Å². The van der Waals surface area contributed by atoms with Crippen LogP contribution in [0.4, 0.5) is 5.69 Å². The molecule has 0 aromatic heterocycles. The predicted molar refractivity (Wildman–Crippen MR) is 71.7 cm³/mol. The molecule has 1 aromatic carbocycles. The summed E-state index contributed by atoms with van der Waals surface area (Å²) in [4.78, 5) is 21.2. The second-order valence-electron chi connectivity index (χ2n) is 4.74. The van der Waals surface area contributed by atoms with Crippen molar-refractivity contribution >= 4 is 17.9 Å². The fourth-order valence-electron chi connectivity index (χ4n) is 1.51. The molecule has 1 amide bonds. The summed E-state index contributed by atoms with van der Waals surface area (Å²) in [6.45, 7) is 3.45. The molecule has 0 saturated heterocycles. The van der Waals surface area contributed by atoms with Gasteiger partial charge in [0.05, 0.1) is 18.8 Å². The Kier molecular flexibility index (Phi) is 5.66. The summed E-state index contributed by atoms with van der Waals surface area (Å²) in [5.74, 6) is -0.117. The van der Waals surface area contributed by atoms with Crippen molar-refractivity contribution in [2.24, 2.45) is 0 Å². The first-order valence-electron chi connectivity index (χ1n) is 6.03. The molecule has 0 radical (unpaired) electrons. The van der Waals surface area contributed by atoms with E-state index in [9.17, 15) is 14.7 Å². The number of rotatable bonds is 7. The minimum Gasteiger partial charge on any atom is -0.387 e. The van der Waals surface area contributed by atoms with E-state index in [0.29, 0.717) is 12.9 Å². The Morgan fingerprint density at radius 3 is 2.58 bits per heavy atom. The molecule has 1 unspecified atom stereocenters. The van der Waals surface area contributed by atoms with Gasteiger partial charge in [-0.2, -0.15) is 0 Å². The van der Waals surface area contributed by atoms with E-state index in [1.165, 1.54) is 6.92 Å². The first kappa shape index (κ1) is 15.3. The van der Waals surface area contributed by atoms with Crippen LogP contribution in [0.3, 0.4) is 0 Å². The van der Waals surface area contributed by atoms with Gasteiger partial charge >= 0.3 is 0 Å². The van der Waals surface area contributed by atoms with E-state index in [-0.39, 0.29) is 18.9 Å². The first-order chi connectivity index (χ1) is 8.93. The number of carbonyl (C=O) groups is 2. The molecule has 5 heteroatoms. The molecule has 0 spiro atoms. The lowest BCUT2D eigenvalue weighted by atomic mass is 10.1. The number of anilines is 1. The third-order valence-corrected chi connectivity index (χ3v) is 2.48. The number of amides is 1. The number of hydrogen-bond acceptors (Lipinski definition) is 4. The van der Waals surface area contributed by atoms with E-state index in [2.05, 4.69) is 5.32 Å². The minimum atomic E-state index is -1.13. The van der Waals surface area contributed by atoms with Gasteiger partial charge in [0.1, 0.15) is 6.29 Å². The summed E-state index contributed by atoms with van der Waals surface area (Å²) in [5.41, 5.74) is 0.526. The average molecular weight is 265 g/mol. The highest BCUT2D eigenvalue weighted by Gasteiger charge is 2.19. The zero-order valence-corrected chi connectivity index (χ0v) is 11.2. The summed E-state index contributed by atoms with van der Waals surface area (Å²) >= 11 is 0. The second kappa shape index (κ2) is 7.01. The molecule has 0 bridgehead atoms. The van der Waals surface area contributed by atoms with Crippen molar-refractivity contribution in [3.8, 4) is 0 Å². The fourth-order valence-corrected chi connectivity index (χ4v) is 1.51. The van der Waals surface area contributed by atoms with Crippen LogP contribution >= 0.6 is 0 Å². The van der Waals surface area contributed by atoms with Crippen molar-refractivity contribution in [2.75, 3.05) is 11.9 Å². The van der Waals surface area contributed by atoms with Gasteiger partial charge in [-0.25, -0.2) is 0 Å². The number of carbonyl (C=O) groups excluding carboxylic acids is 2. The molecule has 104 valence electrons. The van der Waals surface area contributed by atoms with Crippen molar-refractivity contribution in [2.45, 2.75) is 32.5 Å².